The van der Waals surface area contributed by atoms with Gasteiger partial charge < -0.3 is 9.57 Å². The molecule has 2 aromatic carbocycles. The van der Waals surface area contributed by atoms with Crippen LogP contribution in [0, 0.1) is 0 Å². The maximum atomic E-state index is 12.6. The zero-order valence-corrected chi connectivity index (χ0v) is 12.3. The molecule has 0 atom stereocenters. The molecule has 22 heavy (non-hydrogen) atoms. The molecule has 0 aromatic heterocycles. The first-order valence-electron chi connectivity index (χ1n) is 6.56. The zero-order valence-electron chi connectivity index (χ0n) is 12.3. The minimum Gasteiger partial charge on any atom is -0.465 e. The molecule has 2 rings (SSSR count). The van der Waals surface area contributed by atoms with Gasteiger partial charge in [0.2, 0.25) is 0 Å². The number of rotatable bonds is 5. The van der Waals surface area contributed by atoms with Crippen LogP contribution in [0.2, 0.25) is 0 Å². The van der Waals surface area contributed by atoms with Crippen molar-refractivity contribution in [1.82, 2.24) is 0 Å². The van der Waals surface area contributed by atoms with Crippen molar-refractivity contribution in [2.24, 2.45) is 5.16 Å². The maximum absolute atomic E-state index is 12.6. The Morgan fingerprint density at radius 2 is 1.59 bits per heavy atom. The predicted octanol–water partition coefficient (Wildman–Crippen LogP) is 2.68. The van der Waals surface area contributed by atoms with Crippen molar-refractivity contribution >= 4 is 18.0 Å². The number of oxime groups is 1. The van der Waals surface area contributed by atoms with Crippen LogP contribution in [-0.2, 0) is 9.57 Å². The van der Waals surface area contributed by atoms with Crippen LogP contribution in [-0.4, -0.2) is 32.2 Å². The Labute approximate surface area is 128 Å². The van der Waals surface area contributed by atoms with Gasteiger partial charge in [-0.05, 0) is 12.1 Å². The van der Waals surface area contributed by atoms with Gasteiger partial charge in [0.15, 0.2) is 5.78 Å². The number of hydrogen-bond acceptors (Lipinski definition) is 5. The van der Waals surface area contributed by atoms with Gasteiger partial charge >= 0.3 is 5.97 Å². The average molecular weight is 297 g/mol. The Balaban J connectivity index is 2.32. The summed E-state index contributed by atoms with van der Waals surface area (Å²) in [6, 6.07) is 13.4. The molecular weight excluding hydrogens is 282 g/mol. The summed E-state index contributed by atoms with van der Waals surface area (Å²) in [5, 5.41) is 3.69. The van der Waals surface area contributed by atoms with Crippen molar-refractivity contribution < 1.29 is 19.2 Å². The lowest BCUT2D eigenvalue weighted by atomic mass is 9.98. The van der Waals surface area contributed by atoms with Gasteiger partial charge in [0, 0.05) is 16.7 Å². The molecule has 5 heteroatoms. The maximum Gasteiger partial charge on any atom is 0.337 e. The summed E-state index contributed by atoms with van der Waals surface area (Å²) in [7, 11) is 2.75. The van der Waals surface area contributed by atoms with E-state index in [9.17, 15) is 9.59 Å². The molecule has 0 aliphatic heterocycles. The summed E-state index contributed by atoms with van der Waals surface area (Å²) in [5.41, 5.74) is 2.04. The van der Waals surface area contributed by atoms with Gasteiger partial charge in [0.25, 0.3) is 0 Å². The second-order valence-corrected chi connectivity index (χ2v) is 4.40. The normalized spacial score (nSPS) is 10.5. The Kier molecular flexibility index (Phi) is 5.03. The first-order valence-corrected chi connectivity index (χ1v) is 6.56. The topological polar surface area (TPSA) is 65.0 Å². The van der Waals surface area contributed by atoms with E-state index in [4.69, 9.17) is 0 Å². The largest absolute Gasteiger partial charge is 0.465 e. The third kappa shape index (κ3) is 3.38. The highest BCUT2D eigenvalue weighted by Crippen LogP contribution is 2.15. The van der Waals surface area contributed by atoms with Crippen molar-refractivity contribution in [3.63, 3.8) is 0 Å². The molecule has 0 spiro atoms. The summed E-state index contributed by atoms with van der Waals surface area (Å²) >= 11 is 0. The first kappa shape index (κ1) is 15.4. The predicted molar refractivity (Wildman–Crippen MR) is 82.3 cm³/mol. The molecule has 0 bridgehead atoms. The number of benzene rings is 2. The summed E-state index contributed by atoms with van der Waals surface area (Å²) in [5.74, 6) is -0.596. The Hall–Kier alpha value is -2.95. The molecule has 0 radical (unpaired) electrons. The van der Waals surface area contributed by atoms with Gasteiger partial charge in [0.1, 0.15) is 7.11 Å². The van der Waals surface area contributed by atoms with E-state index in [0.29, 0.717) is 22.3 Å². The highest BCUT2D eigenvalue weighted by atomic mass is 16.6. The van der Waals surface area contributed by atoms with E-state index in [2.05, 4.69) is 14.7 Å². The van der Waals surface area contributed by atoms with Crippen LogP contribution >= 0.6 is 0 Å². The number of carbonyl (C=O) groups excluding carboxylic acids is 2. The van der Waals surface area contributed by atoms with Crippen LogP contribution in [0.25, 0.3) is 0 Å². The molecule has 0 saturated heterocycles. The number of methoxy groups -OCH3 is 1. The van der Waals surface area contributed by atoms with Gasteiger partial charge in [-0.15, -0.1) is 0 Å². The van der Waals surface area contributed by atoms with E-state index in [1.807, 2.05) is 6.07 Å². The number of esters is 1. The number of carbonyl (C=O) groups is 2. The third-order valence-corrected chi connectivity index (χ3v) is 3.07. The fraction of sp³-hybridized carbons (Fsp3) is 0.118. The average Bonchev–Trinajstić information content (AvgIpc) is 2.59. The lowest BCUT2D eigenvalue weighted by molar-refractivity contribution is 0.0600. The molecule has 0 aliphatic carbocycles. The molecule has 0 fully saturated rings. The minimum absolute atomic E-state index is 0.158. The Morgan fingerprint density at radius 3 is 2.23 bits per heavy atom. The fourth-order valence-electron chi connectivity index (χ4n) is 1.96. The van der Waals surface area contributed by atoms with Crippen molar-refractivity contribution in [3.05, 3.63) is 70.8 Å². The van der Waals surface area contributed by atoms with Crippen molar-refractivity contribution in [2.45, 2.75) is 0 Å². The Bertz CT molecular complexity index is 705. The van der Waals surface area contributed by atoms with Crippen LogP contribution in [0.4, 0.5) is 0 Å². The second kappa shape index (κ2) is 7.17. The van der Waals surface area contributed by atoms with Crippen molar-refractivity contribution in [1.29, 1.82) is 0 Å². The van der Waals surface area contributed by atoms with E-state index in [-0.39, 0.29) is 5.78 Å². The molecule has 0 N–H and O–H groups in total. The van der Waals surface area contributed by atoms with Gasteiger partial charge in [-0.2, -0.15) is 0 Å². The number of hydrogen-bond donors (Lipinski definition) is 0. The smallest absolute Gasteiger partial charge is 0.337 e. The van der Waals surface area contributed by atoms with E-state index in [0.717, 1.165) is 0 Å². The number of ketones is 1. The summed E-state index contributed by atoms with van der Waals surface area (Å²) < 4.78 is 4.63. The van der Waals surface area contributed by atoms with Gasteiger partial charge in [-0.25, -0.2) is 4.79 Å². The molecule has 0 amide bonds. The molecule has 0 unspecified atom stereocenters. The van der Waals surface area contributed by atoms with Crippen molar-refractivity contribution in [3.8, 4) is 0 Å². The molecule has 2 aromatic rings. The SMILES string of the molecule is CO/N=C/c1ccccc1C(=O)c1ccc(C(=O)OC)cc1. The van der Waals surface area contributed by atoms with Crippen molar-refractivity contribution in [2.75, 3.05) is 14.2 Å². The van der Waals surface area contributed by atoms with E-state index in [1.54, 1.807) is 42.5 Å². The van der Waals surface area contributed by atoms with Crippen LogP contribution < -0.4 is 0 Å². The second-order valence-electron chi connectivity index (χ2n) is 4.40. The minimum atomic E-state index is -0.438. The van der Waals surface area contributed by atoms with Gasteiger partial charge in [-0.3, -0.25) is 4.79 Å². The molecule has 112 valence electrons. The van der Waals surface area contributed by atoms with Gasteiger partial charge in [-0.1, -0.05) is 41.6 Å². The highest BCUT2D eigenvalue weighted by molar-refractivity contribution is 6.13. The fourth-order valence-corrected chi connectivity index (χ4v) is 1.96. The summed E-state index contributed by atoms with van der Waals surface area (Å²) in [6.07, 6.45) is 1.48. The number of nitrogens with zero attached hydrogens (tertiary/aromatic N) is 1. The summed E-state index contributed by atoms with van der Waals surface area (Å²) in [4.78, 5) is 28.6. The standard InChI is InChI=1S/C17H15NO4/c1-21-17(20)13-9-7-12(8-10-13)16(19)15-6-4-3-5-14(15)11-18-22-2/h3-11H,1-2H3/b18-11+. The molecule has 5 nitrogen and oxygen atoms in total. The number of ether oxygens (including phenoxy) is 1. The Morgan fingerprint density at radius 1 is 0.955 bits per heavy atom. The molecule has 0 aliphatic rings. The quantitative estimate of drug-likeness (QED) is 0.368. The third-order valence-electron chi connectivity index (χ3n) is 3.07. The lowest BCUT2D eigenvalue weighted by Gasteiger charge is -2.06. The monoisotopic (exact) mass is 297 g/mol. The molecule has 0 saturated carbocycles. The molecule has 0 heterocycles. The summed E-state index contributed by atoms with van der Waals surface area (Å²) in [6.45, 7) is 0. The van der Waals surface area contributed by atoms with E-state index < -0.39 is 5.97 Å². The highest BCUT2D eigenvalue weighted by Gasteiger charge is 2.13. The van der Waals surface area contributed by atoms with Crippen LogP contribution in [0.15, 0.2) is 53.7 Å². The van der Waals surface area contributed by atoms with Crippen LogP contribution in [0.1, 0.15) is 31.8 Å². The van der Waals surface area contributed by atoms with Gasteiger partial charge in [0.05, 0.1) is 18.9 Å². The molecular formula is C17H15NO4. The van der Waals surface area contributed by atoms with Crippen LogP contribution in [0.5, 0.6) is 0 Å². The van der Waals surface area contributed by atoms with Crippen LogP contribution in [0.3, 0.4) is 0 Å². The zero-order chi connectivity index (χ0) is 15.9. The lowest BCUT2D eigenvalue weighted by Crippen LogP contribution is -2.06. The first-order chi connectivity index (χ1) is 10.7. The van der Waals surface area contributed by atoms with E-state index in [1.165, 1.54) is 20.4 Å². The van der Waals surface area contributed by atoms with E-state index >= 15 is 0 Å².